The van der Waals surface area contributed by atoms with E-state index in [1.165, 1.54) is 12.1 Å². The average Bonchev–Trinajstić information content (AvgIpc) is 2.72. The molecule has 2 heterocycles. The van der Waals surface area contributed by atoms with Gasteiger partial charge in [-0.25, -0.2) is 4.39 Å². The fourth-order valence-electron chi connectivity index (χ4n) is 4.06. The summed E-state index contributed by atoms with van der Waals surface area (Å²) in [5, 5.41) is 14.8. The first-order valence-electron chi connectivity index (χ1n) is 10.4. The highest BCUT2D eigenvalue weighted by Gasteiger charge is 2.31. The first-order valence-corrected chi connectivity index (χ1v) is 10.4. The van der Waals surface area contributed by atoms with Gasteiger partial charge < -0.3 is 20.6 Å². The first kappa shape index (κ1) is 21.7. The zero-order valence-corrected chi connectivity index (χ0v) is 16.8. The lowest BCUT2D eigenvalue weighted by molar-refractivity contribution is -0.134. The smallest absolute Gasteiger partial charge is 0.237 e. The van der Waals surface area contributed by atoms with Crippen molar-refractivity contribution >= 4 is 11.8 Å². The summed E-state index contributed by atoms with van der Waals surface area (Å²) < 4.78 is 13.1. The van der Waals surface area contributed by atoms with Crippen molar-refractivity contribution in [3.05, 3.63) is 35.6 Å². The Bertz CT molecular complexity index is 677. The lowest BCUT2D eigenvalue weighted by atomic mass is 9.96. The van der Waals surface area contributed by atoms with Gasteiger partial charge in [0.2, 0.25) is 11.8 Å². The van der Waals surface area contributed by atoms with Crippen molar-refractivity contribution in [2.45, 2.75) is 31.8 Å². The van der Waals surface area contributed by atoms with Crippen LogP contribution in [-0.2, 0) is 16.1 Å². The topological polar surface area (TPSA) is 84.9 Å². The SMILES string of the molecule is O=C(CC1C(=O)NCCN1Cc1ccc(F)cc1)NCC1CCN(CCO)CC1. The molecule has 1 aromatic carbocycles. The molecular formula is C21H31FN4O3. The molecule has 0 spiro atoms. The van der Waals surface area contributed by atoms with Gasteiger partial charge >= 0.3 is 0 Å². The maximum atomic E-state index is 13.1. The summed E-state index contributed by atoms with van der Waals surface area (Å²) in [6, 6.07) is 5.73. The number of β-amino-alcohol motifs (C(OH)–C–C–N with tert-alkyl or cyclic N) is 1. The van der Waals surface area contributed by atoms with Gasteiger partial charge in [0.1, 0.15) is 5.82 Å². The number of carbonyl (C=O) groups excluding carboxylic acids is 2. The standard InChI is InChI=1S/C21H31FN4O3/c22-18-3-1-17(2-4-18)15-26-10-7-23-21(29)19(26)13-20(28)24-14-16-5-8-25(9-6-16)11-12-27/h1-4,16,19,27H,5-15H2,(H,23,29)(H,24,28). The largest absolute Gasteiger partial charge is 0.395 e. The third kappa shape index (κ3) is 6.48. The van der Waals surface area contributed by atoms with Gasteiger partial charge in [0.25, 0.3) is 0 Å². The molecule has 1 unspecified atom stereocenters. The molecule has 2 fully saturated rings. The fourth-order valence-corrected chi connectivity index (χ4v) is 4.06. The molecule has 3 rings (SSSR count). The first-order chi connectivity index (χ1) is 14.0. The summed E-state index contributed by atoms with van der Waals surface area (Å²) in [6.07, 6.45) is 2.12. The molecule has 3 N–H and O–H groups in total. The predicted octanol–water partition coefficient (Wildman–Crippen LogP) is 0.337. The second kappa shape index (κ2) is 10.7. The van der Waals surface area contributed by atoms with Gasteiger partial charge in [0.05, 0.1) is 19.1 Å². The van der Waals surface area contributed by atoms with Crippen LogP contribution in [-0.4, -0.2) is 78.6 Å². The zero-order valence-electron chi connectivity index (χ0n) is 16.8. The Balaban J connectivity index is 1.47. The van der Waals surface area contributed by atoms with E-state index in [0.29, 0.717) is 38.6 Å². The minimum atomic E-state index is -0.514. The lowest BCUT2D eigenvalue weighted by Crippen LogP contribution is -2.56. The van der Waals surface area contributed by atoms with Crippen molar-refractivity contribution in [1.82, 2.24) is 20.4 Å². The number of halogens is 1. The molecule has 1 aromatic rings. The second-order valence-electron chi connectivity index (χ2n) is 7.92. The number of nitrogens with one attached hydrogen (secondary N) is 2. The third-order valence-corrected chi connectivity index (χ3v) is 5.83. The third-order valence-electron chi connectivity index (χ3n) is 5.83. The Morgan fingerprint density at radius 1 is 1.21 bits per heavy atom. The van der Waals surface area contributed by atoms with Crippen LogP contribution in [0.2, 0.25) is 0 Å². The van der Waals surface area contributed by atoms with Gasteiger partial charge in [-0.2, -0.15) is 0 Å². The van der Waals surface area contributed by atoms with E-state index in [4.69, 9.17) is 5.11 Å². The highest BCUT2D eigenvalue weighted by atomic mass is 19.1. The van der Waals surface area contributed by atoms with Crippen LogP contribution in [0.15, 0.2) is 24.3 Å². The molecule has 0 aliphatic carbocycles. The Kier molecular flexibility index (Phi) is 7.97. The van der Waals surface area contributed by atoms with Crippen molar-refractivity contribution in [3.8, 4) is 0 Å². The van der Waals surface area contributed by atoms with Crippen LogP contribution in [0.5, 0.6) is 0 Å². The summed E-state index contributed by atoms with van der Waals surface area (Å²) >= 11 is 0. The molecular weight excluding hydrogens is 375 g/mol. The number of aliphatic hydroxyl groups excluding tert-OH is 1. The highest BCUT2D eigenvalue weighted by Crippen LogP contribution is 2.17. The van der Waals surface area contributed by atoms with Crippen LogP contribution in [0, 0.1) is 11.7 Å². The van der Waals surface area contributed by atoms with Crippen LogP contribution in [0.4, 0.5) is 4.39 Å². The molecule has 7 nitrogen and oxygen atoms in total. The summed E-state index contributed by atoms with van der Waals surface area (Å²) in [5.74, 6) is -0.104. The Morgan fingerprint density at radius 3 is 2.62 bits per heavy atom. The van der Waals surface area contributed by atoms with Crippen molar-refractivity contribution in [2.75, 3.05) is 45.9 Å². The van der Waals surface area contributed by atoms with Gasteiger partial charge in [-0.1, -0.05) is 12.1 Å². The predicted molar refractivity (Wildman–Crippen MR) is 107 cm³/mol. The number of aliphatic hydroxyl groups is 1. The van der Waals surface area contributed by atoms with E-state index >= 15 is 0 Å². The van der Waals surface area contributed by atoms with Crippen LogP contribution in [0.1, 0.15) is 24.8 Å². The Hall–Kier alpha value is -2.03. The molecule has 2 aliphatic heterocycles. The summed E-state index contributed by atoms with van der Waals surface area (Å²) in [6.45, 7) is 5.11. The monoisotopic (exact) mass is 406 g/mol. The number of likely N-dealkylation sites (tertiary alicyclic amines) is 1. The van der Waals surface area contributed by atoms with Gasteiger partial charge in [-0.3, -0.25) is 14.5 Å². The van der Waals surface area contributed by atoms with Gasteiger partial charge in [0.15, 0.2) is 0 Å². The normalized spacial score (nSPS) is 21.7. The number of carbonyl (C=O) groups is 2. The van der Waals surface area contributed by atoms with Gasteiger partial charge in [-0.05, 0) is 49.5 Å². The molecule has 29 heavy (non-hydrogen) atoms. The van der Waals surface area contributed by atoms with Crippen LogP contribution < -0.4 is 10.6 Å². The molecule has 160 valence electrons. The minimum absolute atomic E-state index is 0.117. The van der Waals surface area contributed by atoms with Crippen molar-refractivity contribution in [3.63, 3.8) is 0 Å². The molecule has 0 radical (unpaired) electrons. The van der Waals surface area contributed by atoms with E-state index in [9.17, 15) is 14.0 Å². The number of amides is 2. The number of hydrogen-bond donors (Lipinski definition) is 3. The van der Waals surface area contributed by atoms with Gasteiger partial charge in [-0.15, -0.1) is 0 Å². The molecule has 0 aromatic heterocycles. The van der Waals surface area contributed by atoms with Crippen molar-refractivity contribution < 1.29 is 19.1 Å². The molecule has 1 atom stereocenters. The molecule has 2 aliphatic rings. The number of piperazine rings is 1. The van der Waals surface area contributed by atoms with Crippen molar-refractivity contribution in [2.24, 2.45) is 5.92 Å². The van der Waals surface area contributed by atoms with E-state index in [-0.39, 0.29) is 30.7 Å². The number of piperidine rings is 1. The number of benzene rings is 1. The highest BCUT2D eigenvalue weighted by molar-refractivity contribution is 5.88. The van der Waals surface area contributed by atoms with Crippen LogP contribution in [0.25, 0.3) is 0 Å². The van der Waals surface area contributed by atoms with Crippen LogP contribution in [0.3, 0.4) is 0 Å². The maximum absolute atomic E-state index is 13.1. The lowest BCUT2D eigenvalue weighted by Gasteiger charge is -2.35. The molecule has 0 saturated carbocycles. The van der Waals surface area contributed by atoms with E-state index < -0.39 is 6.04 Å². The molecule has 2 saturated heterocycles. The average molecular weight is 407 g/mol. The van der Waals surface area contributed by atoms with Gasteiger partial charge in [0, 0.05) is 32.7 Å². The molecule has 2 amide bonds. The van der Waals surface area contributed by atoms with Crippen molar-refractivity contribution in [1.29, 1.82) is 0 Å². The Labute approximate surface area is 171 Å². The van der Waals surface area contributed by atoms with E-state index in [1.807, 2.05) is 4.90 Å². The number of hydrogen-bond acceptors (Lipinski definition) is 5. The van der Waals surface area contributed by atoms with E-state index in [0.717, 1.165) is 31.5 Å². The summed E-state index contributed by atoms with van der Waals surface area (Å²) in [4.78, 5) is 29.1. The maximum Gasteiger partial charge on any atom is 0.237 e. The van der Waals surface area contributed by atoms with Crippen LogP contribution >= 0.6 is 0 Å². The Morgan fingerprint density at radius 2 is 1.93 bits per heavy atom. The van der Waals surface area contributed by atoms with E-state index in [2.05, 4.69) is 15.5 Å². The quantitative estimate of drug-likeness (QED) is 0.580. The summed E-state index contributed by atoms with van der Waals surface area (Å²) in [5.41, 5.74) is 0.918. The minimum Gasteiger partial charge on any atom is -0.395 e. The molecule has 8 heteroatoms. The van der Waals surface area contributed by atoms with E-state index in [1.54, 1.807) is 12.1 Å². The second-order valence-corrected chi connectivity index (χ2v) is 7.92. The number of nitrogens with zero attached hydrogens (tertiary/aromatic N) is 2. The molecule has 0 bridgehead atoms. The summed E-state index contributed by atoms with van der Waals surface area (Å²) in [7, 11) is 0. The number of rotatable bonds is 8. The fraction of sp³-hybridized carbons (Fsp3) is 0.619. The zero-order chi connectivity index (χ0) is 20.6.